The Hall–Kier alpha value is -3.48. The summed E-state index contributed by atoms with van der Waals surface area (Å²) < 4.78 is 20.7. The molecule has 2 heterocycles. The van der Waals surface area contributed by atoms with Gasteiger partial charge in [0.2, 0.25) is 5.78 Å². The van der Waals surface area contributed by atoms with Gasteiger partial charge in [-0.15, -0.1) is 0 Å². The Morgan fingerprint density at radius 2 is 1.75 bits per heavy atom. The Labute approximate surface area is 161 Å². The molecule has 0 saturated heterocycles. The molecular weight excluding hydrogens is 363 g/mol. The number of hydrogen-bond donors (Lipinski definition) is 0. The third-order valence-electron chi connectivity index (χ3n) is 4.50. The van der Waals surface area contributed by atoms with Gasteiger partial charge in [-0.05, 0) is 37.6 Å². The number of esters is 1. The minimum atomic E-state index is -0.672. The van der Waals surface area contributed by atoms with Crippen molar-refractivity contribution in [2.24, 2.45) is 0 Å². The summed E-state index contributed by atoms with van der Waals surface area (Å²) in [5.74, 6) is -1.29. The maximum Gasteiger partial charge on any atom is 0.339 e. The highest BCUT2D eigenvalue weighted by Gasteiger charge is 2.18. The minimum Gasteiger partial charge on any atom is -0.619 e. The largest absolute Gasteiger partial charge is 0.619 e. The summed E-state index contributed by atoms with van der Waals surface area (Å²) in [5, 5.41) is 11.0. The number of ketones is 1. The van der Waals surface area contributed by atoms with E-state index >= 15 is 0 Å². The lowest BCUT2D eigenvalue weighted by molar-refractivity contribution is -0.605. The summed E-state index contributed by atoms with van der Waals surface area (Å²) >= 11 is 0. The number of carbonyl (C=O) groups is 2. The number of nitrogens with zero attached hydrogens (tertiary/aromatic N) is 2. The molecule has 28 heavy (non-hydrogen) atoms. The molecule has 0 fully saturated rings. The lowest BCUT2D eigenvalue weighted by Gasteiger charge is -2.10. The highest BCUT2D eigenvalue weighted by molar-refractivity contribution is 6.00. The van der Waals surface area contributed by atoms with Crippen LogP contribution in [0.15, 0.2) is 54.9 Å². The second-order valence-corrected chi connectivity index (χ2v) is 6.44. The second-order valence-electron chi connectivity index (χ2n) is 6.44. The highest BCUT2D eigenvalue weighted by Crippen LogP contribution is 2.18. The molecule has 0 saturated carbocycles. The molecule has 0 aliphatic rings. The van der Waals surface area contributed by atoms with Crippen LogP contribution >= 0.6 is 0 Å². The van der Waals surface area contributed by atoms with Crippen LogP contribution in [0, 0.1) is 24.9 Å². The van der Waals surface area contributed by atoms with Gasteiger partial charge in [0.05, 0.1) is 5.56 Å². The molecule has 0 aliphatic carbocycles. The Kier molecular flexibility index (Phi) is 5.54. The highest BCUT2D eigenvalue weighted by atomic mass is 19.1. The van der Waals surface area contributed by atoms with Crippen molar-refractivity contribution in [1.29, 1.82) is 0 Å². The third kappa shape index (κ3) is 4.25. The van der Waals surface area contributed by atoms with Gasteiger partial charge in [-0.2, -0.15) is 4.73 Å². The Balaban J connectivity index is 1.69. The van der Waals surface area contributed by atoms with Crippen molar-refractivity contribution >= 4 is 11.8 Å². The zero-order chi connectivity index (χ0) is 20.3. The summed E-state index contributed by atoms with van der Waals surface area (Å²) in [6.07, 6.45) is 2.36. The zero-order valence-electron chi connectivity index (χ0n) is 15.5. The van der Waals surface area contributed by atoms with Gasteiger partial charge in [0.25, 0.3) is 0 Å². The standard InChI is InChI=1S/C21H19FN2O4/c1-14-11-19(15(2)24(14)12-16-3-5-18(22)6-4-16)20(25)13-28-21(26)17-7-9-23(27)10-8-17/h3-11H,12-13H2,1-2H3. The molecule has 0 aliphatic heterocycles. The van der Waals surface area contributed by atoms with Gasteiger partial charge in [0.15, 0.2) is 19.0 Å². The van der Waals surface area contributed by atoms with Gasteiger partial charge in [-0.3, -0.25) is 4.79 Å². The number of Topliss-reactive ketones (excluding diaryl/α,β-unsaturated/α-hetero) is 1. The molecule has 0 bridgehead atoms. The molecule has 0 unspecified atom stereocenters. The molecule has 144 valence electrons. The van der Waals surface area contributed by atoms with Crippen LogP contribution in [0.4, 0.5) is 4.39 Å². The van der Waals surface area contributed by atoms with Gasteiger partial charge in [0.1, 0.15) is 5.82 Å². The maximum absolute atomic E-state index is 13.1. The first-order valence-corrected chi connectivity index (χ1v) is 8.65. The minimum absolute atomic E-state index is 0.196. The fraction of sp³-hybridized carbons (Fsp3) is 0.190. The fourth-order valence-electron chi connectivity index (χ4n) is 2.94. The second kappa shape index (κ2) is 8.04. The van der Waals surface area contributed by atoms with E-state index in [4.69, 9.17) is 4.74 Å². The van der Waals surface area contributed by atoms with Crippen LogP contribution < -0.4 is 4.73 Å². The average molecular weight is 382 g/mol. The van der Waals surface area contributed by atoms with E-state index in [9.17, 15) is 19.2 Å². The van der Waals surface area contributed by atoms with Crippen LogP contribution in [-0.4, -0.2) is 22.9 Å². The molecule has 3 rings (SSSR count). The predicted molar refractivity (Wildman–Crippen MR) is 99.4 cm³/mol. The molecule has 6 nitrogen and oxygen atoms in total. The fourth-order valence-corrected chi connectivity index (χ4v) is 2.94. The van der Waals surface area contributed by atoms with Crippen molar-refractivity contribution in [3.05, 3.63) is 94.0 Å². The number of rotatable bonds is 6. The molecule has 0 N–H and O–H groups in total. The quantitative estimate of drug-likeness (QED) is 0.284. The maximum atomic E-state index is 13.1. The van der Waals surface area contributed by atoms with Crippen molar-refractivity contribution in [2.45, 2.75) is 20.4 Å². The summed E-state index contributed by atoms with van der Waals surface area (Å²) in [6, 6.07) is 10.6. The summed E-state index contributed by atoms with van der Waals surface area (Å²) in [6.45, 7) is 3.80. The van der Waals surface area contributed by atoms with Crippen molar-refractivity contribution in [1.82, 2.24) is 4.57 Å². The normalized spacial score (nSPS) is 10.7. The van der Waals surface area contributed by atoms with Gasteiger partial charge in [-0.25, -0.2) is 9.18 Å². The predicted octanol–water partition coefficient (Wildman–Crippen LogP) is 2.97. The summed E-state index contributed by atoms with van der Waals surface area (Å²) in [7, 11) is 0. The van der Waals surface area contributed by atoms with E-state index in [1.54, 1.807) is 18.2 Å². The number of pyridine rings is 1. The van der Waals surface area contributed by atoms with Crippen LogP contribution in [0.1, 0.15) is 37.7 Å². The Morgan fingerprint density at radius 3 is 2.39 bits per heavy atom. The van der Waals surface area contributed by atoms with E-state index in [1.807, 2.05) is 18.4 Å². The van der Waals surface area contributed by atoms with E-state index in [1.165, 1.54) is 36.7 Å². The molecule has 0 amide bonds. The molecular formula is C21H19FN2O4. The lowest BCUT2D eigenvalue weighted by atomic mass is 10.1. The molecule has 7 heteroatoms. The molecule has 1 aromatic carbocycles. The van der Waals surface area contributed by atoms with Gasteiger partial charge < -0.3 is 14.5 Å². The van der Waals surface area contributed by atoms with Crippen molar-refractivity contribution in [3.8, 4) is 0 Å². The first kappa shape index (κ1) is 19.3. The lowest BCUT2D eigenvalue weighted by Crippen LogP contribution is -2.24. The van der Waals surface area contributed by atoms with E-state index in [0.717, 1.165) is 17.0 Å². The number of halogens is 1. The van der Waals surface area contributed by atoms with E-state index in [-0.39, 0.29) is 17.2 Å². The van der Waals surface area contributed by atoms with Crippen LogP contribution in [0.25, 0.3) is 0 Å². The van der Waals surface area contributed by atoms with E-state index < -0.39 is 12.6 Å². The van der Waals surface area contributed by atoms with Crippen LogP contribution in [0.3, 0.4) is 0 Å². The van der Waals surface area contributed by atoms with Crippen molar-refractivity contribution in [3.63, 3.8) is 0 Å². The Bertz CT molecular complexity index is 1010. The summed E-state index contributed by atoms with van der Waals surface area (Å²) in [5.41, 5.74) is 3.20. The molecule has 2 aromatic heterocycles. The van der Waals surface area contributed by atoms with Crippen LogP contribution in [0.2, 0.25) is 0 Å². The van der Waals surface area contributed by atoms with Crippen LogP contribution in [0.5, 0.6) is 0 Å². The topological polar surface area (TPSA) is 75.2 Å². The SMILES string of the molecule is Cc1cc(C(=O)COC(=O)c2cc[n+]([O-])cc2)c(C)n1Cc1ccc(F)cc1. The van der Waals surface area contributed by atoms with E-state index in [0.29, 0.717) is 16.8 Å². The number of carbonyl (C=O) groups excluding carboxylic acids is 2. The summed E-state index contributed by atoms with van der Waals surface area (Å²) in [4.78, 5) is 24.5. The van der Waals surface area contributed by atoms with Gasteiger partial charge >= 0.3 is 5.97 Å². The van der Waals surface area contributed by atoms with Gasteiger partial charge in [0, 0.05) is 35.6 Å². The Morgan fingerprint density at radius 1 is 1.11 bits per heavy atom. The van der Waals surface area contributed by atoms with Crippen LogP contribution in [-0.2, 0) is 11.3 Å². The number of benzene rings is 1. The van der Waals surface area contributed by atoms with Crippen molar-refractivity contribution in [2.75, 3.05) is 6.61 Å². The number of ether oxygens (including phenoxy) is 1. The molecule has 3 aromatic rings. The first-order chi connectivity index (χ1) is 13.3. The number of aromatic nitrogens is 2. The van der Waals surface area contributed by atoms with Gasteiger partial charge in [-0.1, -0.05) is 12.1 Å². The van der Waals surface area contributed by atoms with Crippen molar-refractivity contribution < 1.29 is 23.4 Å². The smallest absolute Gasteiger partial charge is 0.339 e. The van der Waals surface area contributed by atoms with E-state index in [2.05, 4.69) is 0 Å². The molecule has 0 atom stereocenters. The first-order valence-electron chi connectivity index (χ1n) is 8.65. The third-order valence-corrected chi connectivity index (χ3v) is 4.50. The average Bonchev–Trinajstić information content (AvgIpc) is 2.96. The number of aryl methyl sites for hydroxylation is 1. The monoisotopic (exact) mass is 382 g/mol. The molecule has 0 radical (unpaired) electrons. The molecule has 0 spiro atoms. The zero-order valence-corrected chi connectivity index (χ0v) is 15.5. The number of hydrogen-bond acceptors (Lipinski definition) is 4.